The number of para-hydroxylation sites is 1. The van der Waals surface area contributed by atoms with E-state index in [1.54, 1.807) is 0 Å². The maximum Gasteiger partial charge on any atom is 0.165 e. The van der Waals surface area contributed by atoms with Crippen LogP contribution in [0.25, 0.3) is 0 Å². The first-order valence-corrected chi connectivity index (χ1v) is 5.89. The first-order chi connectivity index (χ1) is 8.88. The average molecular weight is 239 g/mol. The van der Waals surface area contributed by atoms with Gasteiger partial charge < -0.3 is 9.94 Å². The van der Waals surface area contributed by atoms with Crippen LogP contribution < -0.4 is 4.74 Å². The Hall–Kier alpha value is -2.29. The molecule has 1 aliphatic rings. The fourth-order valence-electron chi connectivity index (χ4n) is 2.22. The van der Waals surface area contributed by atoms with E-state index in [1.165, 1.54) is 0 Å². The van der Waals surface area contributed by atoms with Gasteiger partial charge in [0.2, 0.25) is 0 Å². The minimum Gasteiger partial charge on any atom is -0.479 e. The number of ether oxygens (including phenoxy) is 1. The smallest absolute Gasteiger partial charge is 0.165 e. The lowest BCUT2D eigenvalue weighted by Crippen LogP contribution is -2.26. The van der Waals surface area contributed by atoms with Crippen LogP contribution in [0.5, 0.6) is 5.75 Å². The predicted octanol–water partition coefficient (Wildman–Crippen LogP) is 3.19. The van der Waals surface area contributed by atoms with Crippen LogP contribution in [0.2, 0.25) is 0 Å². The third-order valence-electron chi connectivity index (χ3n) is 3.12. The van der Waals surface area contributed by atoms with Crippen molar-refractivity contribution in [3.63, 3.8) is 0 Å². The number of oxime groups is 1. The Morgan fingerprint density at radius 2 is 1.72 bits per heavy atom. The molecule has 2 aromatic carbocycles. The molecule has 1 aliphatic heterocycles. The van der Waals surface area contributed by atoms with Gasteiger partial charge in [-0.15, -0.1) is 0 Å². The Labute approximate surface area is 105 Å². The van der Waals surface area contributed by atoms with Gasteiger partial charge in [-0.2, -0.15) is 0 Å². The van der Waals surface area contributed by atoms with Gasteiger partial charge in [0.1, 0.15) is 11.5 Å². The molecule has 90 valence electrons. The molecule has 1 atom stereocenters. The molecule has 1 heterocycles. The summed E-state index contributed by atoms with van der Waals surface area (Å²) >= 11 is 0. The minimum atomic E-state index is -0.300. The highest BCUT2D eigenvalue weighted by Gasteiger charge is 2.27. The van der Waals surface area contributed by atoms with Crippen LogP contribution in [0.15, 0.2) is 59.8 Å². The second-order valence-electron chi connectivity index (χ2n) is 4.28. The summed E-state index contributed by atoms with van der Waals surface area (Å²) in [4.78, 5) is 0. The second-order valence-corrected chi connectivity index (χ2v) is 4.28. The lowest BCUT2D eigenvalue weighted by atomic mass is 9.95. The van der Waals surface area contributed by atoms with E-state index >= 15 is 0 Å². The van der Waals surface area contributed by atoms with E-state index in [2.05, 4.69) is 5.16 Å². The molecule has 0 amide bonds. The molecule has 0 radical (unpaired) electrons. The van der Waals surface area contributed by atoms with Crippen LogP contribution in [0.1, 0.15) is 17.2 Å². The fourth-order valence-corrected chi connectivity index (χ4v) is 2.22. The van der Waals surface area contributed by atoms with Crippen molar-refractivity contribution in [1.82, 2.24) is 0 Å². The zero-order valence-electron chi connectivity index (χ0n) is 9.78. The summed E-state index contributed by atoms with van der Waals surface area (Å²) in [5.74, 6) is 0.860. The van der Waals surface area contributed by atoms with Crippen molar-refractivity contribution < 1.29 is 9.94 Å². The highest BCUT2D eigenvalue weighted by Crippen LogP contribution is 2.33. The van der Waals surface area contributed by atoms with Gasteiger partial charge >= 0.3 is 0 Å². The summed E-state index contributed by atoms with van der Waals surface area (Å²) in [6, 6.07) is 17.6. The van der Waals surface area contributed by atoms with Crippen LogP contribution in [-0.4, -0.2) is 10.9 Å². The van der Waals surface area contributed by atoms with Crippen molar-refractivity contribution in [2.45, 2.75) is 12.5 Å². The molecule has 18 heavy (non-hydrogen) atoms. The van der Waals surface area contributed by atoms with E-state index in [9.17, 15) is 0 Å². The number of fused-ring (bicyclic) bond motifs is 1. The number of rotatable bonds is 1. The van der Waals surface area contributed by atoms with Gasteiger partial charge in [0.05, 0.1) is 0 Å². The SMILES string of the molecule is O/N=C1/Cc2ccccc2OC1c1ccccc1. The predicted molar refractivity (Wildman–Crippen MR) is 69.2 cm³/mol. The van der Waals surface area contributed by atoms with Gasteiger partial charge in [-0.05, 0) is 11.6 Å². The van der Waals surface area contributed by atoms with Crippen LogP contribution in [0.4, 0.5) is 0 Å². The highest BCUT2D eigenvalue weighted by molar-refractivity contribution is 5.93. The van der Waals surface area contributed by atoms with Gasteiger partial charge in [0, 0.05) is 12.0 Å². The lowest BCUT2D eigenvalue weighted by Gasteiger charge is -2.27. The van der Waals surface area contributed by atoms with Crippen LogP contribution in [0.3, 0.4) is 0 Å². The number of hydrogen-bond donors (Lipinski definition) is 1. The Kier molecular flexibility index (Phi) is 2.73. The zero-order chi connectivity index (χ0) is 12.4. The molecule has 3 heteroatoms. The summed E-state index contributed by atoms with van der Waals surface area (Å²) in [6.45, 7) is 0. The monoisotopic (exact) mass is 239 g/mol. The molecule has 1 unspecified atom stereocenters. The number of benzene rings is 2. The Morgan fingerprint density at radius 1 is 1.00 bits per heavy atom. The topological polar surface area (TPSA) is 41.8 Å². The molecule has 0 fully saturated rings. The van der Waals surface area contributed by atoms with Crippen molar-refractivity contribution in [3.8, 4) is 5.75 Å². The van der Waals surface area contributed by atoms with E-state index in [0.29, 0.717) is 12.1 Å². The standard InChI is InChI=1S/C15H13NO2/c17-16-13-10-12-8-4-5-9-14(12)18-15(13)11-6-2-1-3-7-11/h1-9,15,17H,10H2/b16-13-. The third-order valence-corrected chi connectivity index (χ3v) is 3.12. The Morgan fingerprint density at radius 3 is 2.50 bits per heavy atom. The first-order valence-electron chi connectivity index (χ1n) is 5.89. The van der Waals surface area contributed by atoms with Gasteiger partial charge in [-0.3, -0.25) is 0 Å². The molecule has 0 spiro atoms. The van der Waals surface area contributed by atoms with E-state index in [-0.39, 0.29) is 6.10 Å². The van der Waals surface area contributed by atoms with Crippen molar-refractivity contribution in [1.29, 1.82) is 0 Å². The Balaban J connectivity index is 2.02. The normalized spacial score (nSPS) is 20.2. The summed E-state index contributed by atoms with van der Waals surface area (Å²) < 4.78 is 5.93. The lowest BCUT2D eigenvalue weighted by molar-refractivity contribution is 0.244. The van der Waals surface area contributed by atoms with Crippen molar-refractivity contribution >= 4 is 5.71 Å². The maximum atomic E-state index is 9.16. The largest absolute Gasteiger partial charge is 0.479 e. The van der Waals surface area contributed by atoms with Crippen molar-refractivity contribution in [3.05, 3.63) is 65.7 Å². The zero-order valence-corrected chi connectivity index (χ0v) is 9.78. The van der Waals surface area contributed by atoms with E-state index in [0.717, 1.165) is 16.9 Å². The van der Waals surface area contributed by atoms with Gasteiger partial charge in [-0.25, -0.2) is 0 Å². The second kappa shape index (κ2) is 4.53. The molecule has 3 rings (SSSR count). The van der Waals surface area contributed by atoms with E-state index in [1.807, 2.05) is 54.6 Å². The fraction of sp³-hybridized carbons (Fsp3) is 0.133. The molecule has 0 saturated heterocycles. The quantitative estimate of drug-likeness (QED) is 0.613. The number of nitrogens with zero attached hydrogens (tertiary/aromatic N) is 1. The summed E-state index contributed by atoms with van der Waals surface area (Å²) in [5.41, 5.74) is 2.69. The Bertz CT molecular complexity index is 578. The third kappa shape index (κ3) is 1.84. The molecular weight excluding hydrogens is 226 g/mol. The van der Waals surface area contributed by atoms with Gasteiger partial charge in [0.15, 0.2) is 6.10 Å². The summed E-state index contributed by atoms with van der Waals surface area (Å²) in [6.07, 6.45) is 0.317. The van der Waals surface area contributed by atoms with Gasteiger partial charge in [0.25, 0.3) is 0 Å². The van der Waals surface area contributed by atoms with Crippen LogP contribution >= 0.6 is 0 Å². The van der Waals surface area contributed by atoms with E-state index < -0.39 is 0 Å². The maximum absolute atomic E-state index is 9.16. The molecule has 0 aliphatic carbocycles. The molecule has 1 N–H and O–H groups in total. The van der Waals surface area contributed by atoms with Crippen molar-refractivity contribution in [2.24, 2.45) is 5.16 Å². The molecular formula is C15H13NO2. The van der Waals surface area contributed by atoms with Crippen LogP contribution in [-0.2, 0) is 6.42 Å². The van der Waals surface area contributed by atoms with Crippen molar-refractivity contribution in [2.75, 3.05) is 0 Å². The van der Waals surface area contributed by atoms with Crippen LogP contribution in [0, 0.1) is 0 Å². The molecule has 3 nitrogen and oxygen atoms in total. The average Bonchev–Trinajstić information content (AvgIpc) is 2.46. The number of hydrogen-bond acceptors (Lipinski definition) is 3. The van der Waals surface area contributed by atoms with Gasteiger partial charge in [-0.1, -0.05) is 53.7 Å². The molecule has 0 aromatic heterocycles. The molecule has 2 aromatic rings. The molecule has 0 saturated carbocycles. The minimum absolute atomic E-state index is 0.300. The molecule has 0 bridgehead atoms. The summed E-state index contributed by atoms with van der Waals surface area (Å²) in [7, 11) is 0. The van der Waals surface area contributed by atoms with E-state index in [4.69, 9.17) is 9.94 Å². The first kappa shape index (κ1) is 10.8. The highest BCUT2D eigenvalue weighted by atomic mass is 16.5. The summed E-state index contributed by atoms with van der Waals surface area (Å²) in [5, 5.41) is 12.6.